The molecule has 0 unspecified atom stereocenters. The maximum atomic E-state index is 14.6. The largest absolute Gasteiger partial charge is 0.472 e. The van der Waals surface area contributed by atoms with Crippen LogP contribution < -0.4 is 15.1 Å². The molecule has 2 fully saturated rings. The molecule has 5 nitrogen and oxygen atoms in total. The monoisotopic (exact) mass is 351 g/mol. The van der Waals surface area contributed by atoms with Crippen LogP contribution >= 0.6 is 11.8 Å². The molecule has 2 aliphatic heterocycles. The SMILES string of the molecule is C=C1O[C@@H](CNC(C)=O)CN1c1ccc(N2CCSCC2)c(F)c1. The molecule has 130 valence electrons. The fourth-order valence-electron chi connectivity index (χ4n) is 2.94. The number of amides is 1. The summed E-state index contributed by atoms with van der Waals surface area (Å²) in [6.45, 7) is 8.06. The second kappa shape index (κ2) is 7.34. The Balaban J connectivity index is 1.69. The van der Waals surface area contributed by atoms with E-state index in [9.17, 15) is 9.18 Å². The minimum atomic E-state index is -0.225. The first-order valence-corrected chi connectivity index (χ1v) is 9.20. The van der Waals surface area contributed by atoms with E-state index in [1.165, 1.54) is 13.0 Å². The van der Waals surface area contributed by atoms with Crippen molar-refractivity contribution in [2.45, 2.75) is 13.0 Å². The Morgan fingerprint density at radius 1 is 1.46 bits per heavy atom. The summed E-state index contributed by atoms with van der Waals surface area (Å²) in [4.78, 5) is 14.9. The number of carbonyl (C=O) groups excluding carboxylic acids is 1. The van der Waals surface area contributed by atoms with Gasteiger partial charge in [0, 0.05) is 37.2 Å². The van der Waals surface area contributed by atoms with E-state index >= 15 is 0 Å². The van der Waals surface area contributed by atoms with Gasteiger partial charge in [0.15, 0.2) is 5.88 Å². The lowest BCUT2D eigenvalue weighted by Gasteiger charge is -2.29. The summed E-state index contributed by atoms with van der Waals surface area (Å²) >= 11 is 1.90. The summed E-state index contributed by atoms with van der Waals surface area (Å²) in [7, 11) is 0. The molecule has 3 rings (SSSR count). The highest BCUT2D eigenvalue weighted by molar-refractivity contribution is 7.99. The summed E-state index contributed by atoms with van der Waals surface area (Å²) in [6, 6.07) is 5.26. The summed E-state index contributed by atoms with van der Waals surface area (Å²) in [5, 5.41) is 2.73. The van der Waals surface area contributed by atoms with E-state index in [0.717, 1.165) is 30.3 Å². The molecule has 1 aromatic carbocycles. The van der Waals surface area contributed by atoms with Crippen molar-refractivity contribution in [1.82, 2.24) is 5.32 Å². The zero-order valence-corrected chi connectivity index (χ0v) is 14.6. The predicted octanol–water partition coefficient (Wildman–Crippen LogP) is 2.19. The van der Waals surface area contributed by atoms with Gasteiger partial charge < -0.3 is 19.9 Å². The van der Waals surface area contributed by atoms with Crippen molar-refractivity contribution >= 4 is 29.0 Å². The van der Waals surface area contributed by atoms with Gasteiger partial charge in [0.05, 0.1) is 18.8 Å². The fourth-order valence-corrected chi connectivity index (χ4v) is 3.84. The third-order valence-corrected chi connectivity index (χ3v) is 5.11. The molecule has 7 heteroatoms. The molecule has 0 saturated carbocycles. The van der Waals surface area contributed by atoms with Crippen LogP contribution in [0.1, 0.15) is 6.92 Å². The van der Waals surface area contributed by atoms with E-state index in [1.54, 1.807) is 0 Å². The molecule has 1 aromatic rings. The number of carbonyl (C=O) groups is 1. The molecule has 0 aromatic heterocycles. The first-order valence-electron chi connectivity index (χ1n) is 8.04. The predicted molar refractivity (Wildman–Crippen MR) is 96.0 cm³/mol. The quantitative estimate of drug-likeness (QED) is 0.901. The maximum absolute atomic E-state index is 14.6. The number of nitrogens with zero attached hydrogens (tertiary/aromatic N) is 2. The molecular weight excluding hydrogens is 329 g/mol. The summed E-state index contributed by atoms with van der Waals surface area (Å²) < 4.78 is 20.2. The molecule has 0 radical (unpaired) electrons. The van der Waals surface area contributed by atoms with Gasteiger partial charge in [-0.15, -0.1) is 0 Å². The molecule has 2 saturated heterocycles. The number of hydrogen-bond donors (Lipinski definition) is 1. The van der Waals surface area contributed by atoms with Crippen molar-refractivity contribution in [3.05, 3.63) is 36.5 Å². The summed E-state index contributed by atoms with van der Waals surface area (Å²) in [6.07, 6.45) is -0.178. The Morgan fingerprint density at radius 2 is 2.21 bits per heavy atom. The molecule has 1 amide bonds. The van der Waals surface area contributed by atoms with Gasteiger partial charge in [-0.1, -0.05) is 0 Å². The van der Waals surface area contributed by atoms with Crippen LogP contribution in [0.4, 0.5) is 15.8 Å². The Bertz CT molecular complexity index is 634. The molecule has 2 aliphatic rings. The zero-order chi connectivity index (χ0) is 17.1. The van der Waals surface area contributed by atoms with E-state index in [1.807, 2.05) is 28.8 Å². The first-order chi connectivity index (χ1) is 11.5. The first kappa shape index (κ1) is 17.0. The van der Waals surface area contributed by atoms with E-state index in [-0.39, 0.29) is 17.8 Å². The van der Waals surface area contributed by atoms with Crippen LogP contribution in [-0.2, 0) is 9.53 Å². The van der Waals surface area contributed by atoms with E-state index < -0.39 is 0 Å². The minimum Gasteiger partial charge on any atom is -0.472 e. The third kappa shape index (κ3) is 3.77. The molecule has 1 N–H and O–H groups in total. The Morgan fingerprint density at radius 3 is 2.88 bits per heavy atom. The van der Waals surface area contributed by atoms with E-state index in [2.05, 4.69) is 16.8 Å². The number of ether oxygens (including phenoxy) is 1. The number of halogens is 1. The molecule has 2 heterocycles. The average Bonchev–Trinajstić information content (AvgIpc) is 2.94. The van der Waals surface area contributed by atoms with Gasteiger partial charge in [0.2, 0.25) is 5.91 Å². The number of anilines is 2. The minimum absolute atomic E-state index is 0.0993. The van der Waals surface area contributed by atoms with Gasteiger partial charge in [0.25, 0.3) is 0 Å². The van der Waals surface area contributed by atoms with Crippen molar-refractivity contribution in [2.24, 2.45) is 0 Å². The number of rotatable bonds is 4. The number of nitrogens with one attached hydrogen (secondary N) is 1. The van der Waals surface area contributed by atoms with Gasteiger partial charge in [-0.25, -0.2) is 4.39 Å². The highest BCUT2D eigenvalue weighted by Crippen LogP contribution is 2.31. The smallest absolute Gasteiger partial charge is 0.217 e. The van der Waals surface area contributed by atoms with Gasteiger partial charge in [-0.3, -0.25) is 4.79 Å². The van der Waals surface area contributed by atoms with Crippen LogP contribution in [0.5, 0.6) is 0 Å². The Hall–Kier alpha value is -1.89. The second-order valence-electron chi connectivity index (χ2n) is 5.92. The molecule has 1 atom stereocenters. The van der Waals surface area contributed by atoms with Gasteiger partial charge in [0.1, 0.15) is 11.9 Å². The van der Waals surface area contributed by atoms with Gasteiger partial charge in [-0.2, -0.15) is 11.8 Å². The number of benzene rings is 1. The standard InChI is InChI=1S/C17H22FN3O2S/c1-12(22)19-10-15-11-21(13(2)23-15)14-3-4-17(16(18)9-14)20-5-7-24-8-6-20/h3-4,9,15H,2,5-8,10-11H2,1H3,(H,19,22)/t15-/m0/s1. The van der Waals surface area contributed by atoms with Crippen LogP contribution in [0.25, 0.3) is 0 Å². The van der Waals surface area contributed by atoms with E-state index in [0.29, 0.717) is 24.7 Å². The fraction of sp³-hybridized carbons (Fsp3) is 0.471. The third-order valence-electron chi connectivity index (χ3n) is 4.16. The zero-order valence-electron chi connectivity index (χ0n) is 13.8. The second-order valence-corrected chi connectivity index (χ2v) is 7.14. The lowest BCUT2D eigenvalue weighted by atomic mass is 10.2. The van der Waals surface area contributed by atoms with Crippen LogP contribution in [-0.4, -0.2) is 49.7 Å². The average molecular weight is 351 g/mol. The van der Waals surface area contributed by atoms with Crippen LogP contribution in [0, 0.1) is 5.82 Å². The lowest BCUT2D eigenvalue weighted by molar-refractivity contribution is -0.119. The highest BCUT2D eigenvalue weighted by Gasteiger charge is 2.28. The summed E-state index contributed by atoms with van der Waals surface area (Å²) in [5.74, 6) is 2.22. The number of thioether (sulfide) groups is 1. The molecule has 0 bridgehead atoms. The van der Waals surface area contributed by atoms with Gasteiger partial charge in [-0.05, 0) is 24.8 Å². The Kier molecular flexibility index (Phi) is 5.18. The van der Waals surface area contributed by atoms with Crippen molar-refractivity contribution < 1.29 is 13.9 Å². The molecule has 24 heavy (non-hydrogen) atoms. The normalized spacial score (nSPS) is 20.9. The summed E-state index contributed by atoms with van der Waals surface area (Å²) in [5.41, 5.74) is 1.37. The van der Waals surface area contributed by atoms with Gasteiger partial charge >= 0.3 is 0 Å². The van der Waals surface area contributed by atoms with Crippen molar-refractivity contribution in [3.8, 4) is 0 Å². The lowest BCUT2D eigenvalue weighted by Crippen LogP contribution is -2.33. The van der Waals surface area contributed by atoms with Crippen molar-refractivity contribution in [2.75, 3.05) is 47.5 Å². The van der Waals surface area contributed by atoms with Crippen molar-refractivity contribution in [1.29, 1.82) is 0 Å². The van der Waals surface area contributed by atoms with E-state index in [4.69, 9.17) is 4.74 Å². The highest BCUT2D eigenvalue weighted by atomic mass is 32.2. The maximum Gasteiger partial charge on any atom is 0.217 e. The molecule has 0 spiro atoms. The van der Waals surface area contributed by atoms with Crippen LogP contribution in [0.2, 0.25) is 0 Å². The van der Waals surface area contributed by atoms with Crippen LogP contribution in [0.3, 0.4) is 0 Å². The van der Waals surface area contributed by atoms with Crippen LogP contribution in [0.15, 0.2) is 30.7 Å². The number of hydrogen-bond acceptors (Lipinski definition) is 5. The Labute approximate surface area is 145 Å². The molecule has 0 aliphatic carbocycles. The molecular formula is C17H22FN3O2S. The topological polar surface area (TPSA) is 44.8 Å². The van der Waals surface area contributed by atoms with Crippen molar-refractivity contribution in [3.63, 3.8) is 0 Å².